The van der Waals surface area contributed by atoms with Gasteiger partial charge in [0.05, 0.1) is 18.3 Å². The minimum absolute atomic E-state index is 0.145. The summed E-state index contributed by atoms with van der Waals surface area (Å²) in [6, 6.07) is 16.3. The minimum Gasteiger partial charge on any atom is -0.444 e. The van der Waals surface area contributed by atoms with E-state index < -0.39 is 12.1 Å². The Morgan fingerprint density at radius 3 is 2.30 bits per heavy atom. The van der Waals surface area contributed by atoms with Crippen LogP contribution in [0.4, 0.5) is 0 Å². The molecule has 142 valence electrons. The Hall–Kier alpha value is -2.66. The van der Waals surface area contributed by atoms with Crippen LogP contribution in [0.5, 0.6) is 0 Å². The lowest BCUT2D eigenvalue weighted by molar-refractivity contribution is -0.130. The first-order valence-corrected chi connectivity index (χ1v) is 9.30. The topological polar surface area (TPSA) is 64.6 Å². The normalized spacial score (nSPS) is 14.6. The highest BCUT2D eigenvalue weighted by Crippen LogP contribution is 2.24. The molecule has 0 aliphatic heterocycles. The maximum absolute atomic E-state index is 12.6. The number of hydrogen-bond donors (Lipinski definition) is 1. The van der Waals surface area contributed by atoms with Gasteiger partial charge < -0.3 is 14.8 Å². The lowest BCUT2D eigenvalue weighted by atomic mass is 10.1. The van der Waals surface area contributed by atoms with E-state index in [1.54, 1.807) is 24.3 Å². The molecule has 1 saturated carbocycles. The van der Waals surface area contributed by atoms with Gasteiger partial charge in [0.1, 0.15) is 0 Å². The van der Waals surface area contributed by atoms with E-state index in [0.29, 0.717) is 17.7 Å². The number of esters is 1. The standard InChI is InChI=1S/C22H25NO4/c1-15(2)26-14-16-8-10-18(11-9-16)22(25)27-20(17-6-4-3-5-7-17)21(24)23-19-12-13-19/h3-11,15,19-20H,12-14H2,1-2H3,(H,23,24)/t20-/m1/s1. The number of carbonyl (C=O) groups is 2. The van der Waals surface area contributed by atoms with E-state index in [2.05, 4.69) is 5.32 Å². The Kier molecular flexibility index (Phi) is 6.24. The Balaban J connectivity index is 1.69. The summed E-state index contributed by atoms with van der Waals surface area (Å²) in [4.78, 5) is 25.1. The molecule has 1 amide bonds. The van der Waals surface area contributed by atoms with Gasteiger partial charge in [-0.2, -0.15) is 0 Å². The predicted molar refractivity (Wildman–Crippen MR) is 102 cm³/mol. The summed E-state index contributed by atoms with van der Waals surface area (Å²) >= 11 is 0. The van der Waals surface area contributed by atoms with Crippen LogP contribution in [0, 0.1) is 0 Å². The van der Waals surface area contributed by atoms with E-state index in [-0.39, 0.29) is 18.1 Å². The number of hydrogen-bond acceptors (Lipinski definition) is 4. The zero-order valence-electron chi connectivity index (χ0n) is 15.7. The molecular weight excluding hydrogens is 342 g/mol. The van der Waals surface area contributed by atoms with Gasteiger partial charge in [0.2, 0.25) is 6.10 Å². The summed E-state index contributed by atoms with van der Waals surface area (Å²) in [6.45, 7) is 4.44. The maximum Gasteiger partial charge on any atom is 0.339 e. The second kappa shape index (κ2) is 8.82. The highest BCUT2D eigenvalue weighted by molar-refractivity contribution is 5.92. The van der Waals surface area contributed by atoms with Gasteiger partial charge in [-0.3, -0.25) is 4.79 Å². The number of carbonyl (C=O) groups excluding carboxylic acids is 2. The van der Waals surface area contributed by atoms with Crippen molar-refractivity contribution >= 4 is 11.9 Å². The van der Waals surface area contributed by atoms with Gasteiger partial charge >= 0.3 is 5.97 Å². The fourth-order valence-electron chi connectivity index (χ4n) is 2.58. The average Bonchev–Trinajstić information content (AvgIpc) is 3.49. The molecule has 1 fully saturated rings. The van der Waals surface area contributed by atoms with E-state index in [4.69, 9.17) is 9.47 Å². The number of amides is 1. The van der Waals surface area contributed by atoms with Crippen molar-refractivity contribution in [1.82, 2.24) is 5.32 Å². The third-order valence-electron chi connectivity index (χ3n) is 4.26. The van der Waals surface area contributed by atoms with E-state index in [9.17, 15) is 9.59 Å². The van der Waals surface area contributed by atoms with Gasteiger partial charge in [0.15, 0.2) is 0 Å². The highest BCUT2D eigenvalue weighted by atomic mass is 16.5. The van der Waals surface area contributed by atoms with Crippen molar-refractivity contribution in [3.63, 3.8) is 0 Å². The zero-order valence-corrected chi connectivity index (χ0v) is 15.7. The molecule has 0 unspecified atom stereocenters. The summed E-state index contributed by atoms with van der Waals surface area (Å²) in [6.07, 6.45) is 1.14. The van der Waals surface area contributed by atoms with Crippen molar-refractivity contribution in [3.05, 3.63) is 71.3 Å². The maximum atomic E-state index is 12.6. The van der Waals surface area contributed by atoms with Crippen molar-refractivity contribution in [1.29, 1.82) is 0 Å². The summed E-state index contributed by atoms with van der Waals surface area (Å²) < 4.78 is 11.1. The minimum atomic E-state index is -0.955. The number of ether oxygens (including phenoxy) is 2. The molecule has 2 aromatic carbocycles. The average molecular weight is 367 g/mol. The van der Waals surface area contributed by atoms with E-state index >= 15 is 0 Å². The van der Waals surface area contributed by atoms with E-state index in [0.717, 1.165) is 18.4 Å². The lowest BCUT2D eigenvalue weighted by Crippen LogP contribution is -2.33. The highest BCUT2D eigenvalue weighted by Gasteiger charge is 2.31. The summed E-state index contributed by atoms with van der Waals surface area (Å²) in [7, 11) is 0. The molecular formula is C22H25NO4. The lowest BCUT2D eigenvalue weighted by Gasteiger charge is -2.18. The summed E-state index contributed by atoms with van der Waals surface area (Å²) in [5, 5.41) is 2.91. The zero-order chi connectivity index (χ0) is 19.2. The molecule has 3 rings (SSSR count). The number of rotatable bonds is 8. The first-order chi connectivity index (χ1) is 13.0. The summed E-state index contributed by atoms with van der Waals surface area (Å²) in [5.74, 6) is -0.801. The molecule has 0 bridgehead atoms. The SMILES string of the molecule is CC(C)OCc1ccc(C(=O)O[C@@H](C(=O)NC2CC2)c2ccccc2)cc1. The summed E-state index contributed by atoms with van der Waals surface area (Å²) in [5.41, 5.74) is 2.04. The first-order valence-electron chi connectivity index (χ1n) is 9.30. The van der Waals surface area contributed by atoms with Gasteiger partial charge in [-0.15, -0.1) is 0 Å². The van der Waals surface area contributed by atoms with Crippen LogP contribution < -0.4 is 5.32 Å². The van der Waals surface area contributed by atoms with Crippen molar-refractivity contribution in [2.75, 3.05) is 0 Å². The fourth-order valence-corrected chi connectivity index (χ4v) is 2.58. The van der Waals surface area contributed by atoms with Crippen LogP contribution in [0.25, 0.3) is 0 Å². The Bertz CT molecular complexity index is 767. The Morgan fingerprint density at radius 2 is 1.70 bits per heavy atom. The molecule has 0 saturated heterocycles. The van der Waals surface area contributed by atoms with Gasteiger partial charge in [-0.05, 0) is 44.4 Å². The number of benzene rings is 2. The molecule has 0 radical (unpaired) electrons. The van der Waals surface area contributed by atoms with Gasteiger partial charge in [0, 0.05) is 11.6 Å². The second-order valence-corrected chi connectivity index (χ2v) is 7.04. The van der Waals surface area contributed by atoms with Crippen molar-refractivity contribution in [3.8, 4) is 0 Å². The number of nitrogens with one attached hydrogen (secondary N) is 1. The molecule has 2 aromatic rings. The Labute approximate surface area is 159 Å². The Morgan fingerprint density at radius 1 is 1.04 bits per heavy atom. The monoisotopic (exact) mass is 367 g/mol. The molecule has 5 nitrogen and oxygen atoms in total. The molecule has 1 aliphatic carbocycles. The van der Waals surface area contributed by atoms with Crippen molar-refractivity contribution < 1.29 is 19.1 Å². The molecule has 0 heterocycles. The third kappa shape index (κ3) is 5.66. The van der Waals surface area contributed by atoms with Gasteiger partial charge in [-0.1, -0.05) is 42.5 Å². The molecule has 1 aliphatic rings. The van der Waals surface area contributed by atoms with Gasteiger partial charge in [0.25, 0.3) is 5.91 Å². The van der Waals surface area contributed by atoms with Crippen LogP contribution in [-0.2, 0) is 20.9 Å². The van der Waals surface area contributed by atoms with E-state index in [1.807, 2.05) is 44.2 Å². The van der Waals surface area contributed by atoms with E-state index in [1.165, 1.54) is 0 Å². The first kappa shape index (κ1) is 19.1. The largest absolute Gasteiger partial charge is 0.444 e. The van der Waals surface area contributed by atoms with Crippen molar-refractivity contribution in [2.45, 2.75) is 51.5 Å². The van der Waals surface area contributed by atoms with Crippen LogP contribution >= 0.6 is 0 Å². The molecule has 1 atom stereocenters. The molecule has 5 heteroatoms. The third-order valence-corrected chi connectivity index (χ3v) is 4.26. The van der Waals surface area contributed by atoms with Crippen LogP contribution in [0.3, 0.4) is 0 Å². The van der Waals surface area contributed by atoms with Gasteiger partial charge in [-0.25, -0.2) is 4.79 Å². The predicted octanol–water partition coefficient (Wildman–Crippen LogP) is 3.79. The smallest absolute Gasteiger partial charge is 0.339 e. The molecule has 0 aromatic heterocycles. The molecule has 0 spiro atoms. The van der Waals surface area contributed by atoms with Crippen LogP contribution in [0.2, 0.25) is 0 Å². The van der Waals surface area contributed by atoms with Crippen LogP contribution in [0.1, 0.15) is 54.3 Å². The van der Waals surface area contributed by atoms with Crippen LogP contribution in [-0.4, -0.2) is 24.0 Å². The quantitative estimate of drug-likeness (QED) is 0.721. The fraction of sp³-hybridized carbons (Fsp3) is 0.364. The molecule has 27 heavy (non-hydrogen) atoms. The van der Waals surface area contributed by atoms with Crippen molar-refractivity contribution in [2.24, 2.45) is 0 Å². The molecule has 1 N–H and O–H groups in total. The van der Waals surface area contributed by atoms with Crippen LogP contribution in [0.15, 0.2) is 54.6 Å². The second-order valence-electron chi connectivity index (χ2n) is 7.04.